The molecule has 39 heavy (non-hydrogen) atoms. The summed E-state index contributed by atoms with van der Waals surface area (Å²) in [5.74, 6) is -0.602. The quantitative estimate of drug-likeness (QED) is 0.285. The minimum absolute atomic E-state index is 0.0000730. The molecule has 6 nitrogen and oxygen atoms in total. The highest BCUT2D eigenvalue weighted by Crippen LogP contribution is 2.48. The third-order valence-electron chi connectivity index (χ3n) is 7.58. The van der Waals surface area contributed by atoms with Crippen molar-refractivity contribution in [3.8, 4) is 5.69 Å². The zero-order valence-electron chi connectivity index (χ0n) is 20.9. The van der Waals surface area contributed by atoms with Gasteiger partial charge in [0, 0.05) is 31.0 Å². The third kappa shape index (κ3) is 5.13. The zero-order chi connectivity index (χ0) is 28.1. The summed E-state index contributed by atoms with van der Waals surface area (Å²) in [6.07, 6.45) is -0.968. The number of nitrogens with zero attached hydrogens (tertiary/aromatic N) is 3. The van der Waals surface area contributed by atoms with Gasteiger partial charge < -0.3 is 5.11 Å². The second-order valence-corrected chi connectivity index (χ2v) is 12.2. The highest BCUT2D eigenvalue weighted by Gasteiger charge is 2.40. The van der Waals surface area contributed by atoms with Crippen LogP contribution in [0.3, 0.4) is 0 Å². The number of rotatable bonds is 7. The lowest BCUT2D eigenvalue weighted by Gasteiger charge is -2.30. The highest BCUT2D eigenvalue weighted by molar-refractivity contribution is 7.89. The Bertz CT molecular complexity index is 1530. The standard InChI is InChI=1S/C27H26ClF4N3O3S/c1-16-22-14-33-35(21-7-5-20(29)6-8-21)24(22)12-17-2-3-18(26(16)17)15-34(10-11-36)39(37,38)25-13-19(27(30,31)32)4-9-23(25)28/h4-9,13-14,16,18,36H,2-3,10-12,15H2,1H3/t16-,18+/m0/s1. The minimum atomic E-state index is -4.74. The number of aromatic nitrogens is 2. The molecular formula is C27H26ClF4N3O3S. The van der Waals surface area contributed by atoms with E-state index >= 15 is 0 Å². The summed E-state index contributed by atoms with van der Waals surface area (Å²) in [4.78, 5) is -0.640. The van der Waals surface area contributed by atoms with Gasteiger partial charge in [0.2, 0.25) is 10.0 Å². The van der Waals surface area contributed by atoms with E-state index in [4.69, 9.17) is 11.6 Å². The van der Waals surface area contributed by atoms with Crippen LogP contribution in [0.2, 0.25) is 5.02 Å². The summed E-state index contributed by atoms with van der Waals surface area (Å²) in [6, 6.07) is 8.27. The Labute approximate surface area is 228 Å². The Morgan fingerprint density at radius 1 is 1.18 bits per heavy atom. The van der Waals surface area contributed by atoms with Gasteiger partial charge in [-0.25, -0.2) is 17.5 Å². The topological polar surface area (TPSA) is 75.4 Å². The number of aliphatic hydroxyl groups excluding tert-OH is 1. The lowest BCUT2D eigenvalue weighted by Crippen LogP contribution is -2.38. The molecule has 0 amide bonds. The van der Waals surface area contributed by atoms with Gasteiger partial charge in [-0.3, -0.25) is 0 Å². The normalized spacial score (nSPS) is 19.5. The maximum absolute atomic E-state index is 13.5. The van der Waals surface area contributed by atoms with Gasteiger partial charge >= 0.3 is 6.18 Å². The van der Waals surface area contributed by atoms with Crippen LogP contribution in [0.25, 0.3) is 5.69 Å². The minimum Gasteiger partial charge on any atom is -0.395 e. The van der Waals surface area contributed by atoms with E-state index in [-0.39, 0.29) is 35.8 Å². The molecule has 1 heterocycles. The third-order valence-corrected chi connectivity index (χ3v) is 9.93. The van der Waals surface area contributed by atoms with Crippen LogP contribution in [0, 0.1) is 11.7 Å². The van der Waals surface area contributed by atoms with Crippen molar-refractivity contribution in [1.82, 2.24) is 14.1 Å². The number of fused-ring (bicyclic) bond motifs is 1. The van der Waals surface area contributed by atoms with Crippen LogP contribution in [0.5, 0.6) is 0 Å². The van der Waals surface area contributed by atoms with Gasteiger partial charge in [0.1, 0.15) is 10.7 Å². The average molecular weight is 584 g/mol. The fourth-order valence-electron chi connectivity index (χ4n) is 5.76. The molecule has 0 fully saturated rings. The molecule has 2 aliphatic carbocycles. The Morgan fingerprint density at radius 2 is 1.90 bits per heavy atom. The first kappa shape index (κ1) is 27.8. The van der Waals surface area contributed by atoms with Crippen LogP contribution in [0.15, 0.2) is 64.7 Å². The van der Waals surface area contributed by atoms with Gasteiger partial charge in [-0.2, -0.15) is 22.6 Å². The number of hydrogen-bond acceptors (Lipinski definition) is 4. The van der Waals surface area contributed by atoms with Crippen LogP contribution in [0.4, 0.5) is 17.6 Å². The first-order chi connectivity index (χ1) is 18.4. The van der Waals surface area contributed by atoms with Crippen LogP contribution in [0.1, 0.15) is 42.5 Å². The summed E-state index contributed by atoms with van der Waals surface area (Å²) < 4.78 is 83.3. The van der Waals surface area contributed by atoms with Gasteiger partial charge in [0.05, 0.1) is 34.8 Å². The van der Waals surface area contributed by atoms with Crippen molar-refractivity contribution in [2.75, 3.05) is 19.7 Å². The largest absolute Gasteiger partial charge is 0.416 e. The molecule has 2 aromatic carbocycles. The van der Waals surface area contributed by atoms with Gasteiger partial charge in [0.25, 0.3) is 0 Å². The van der Waals surface area contributed by atoms with Crippen LogP contribution >= 0.6 is 11.6 Å². The fraction of sp³-hybridized carbons (Fsp3) is 0.370. The molecule has 2 aliphatic rings. The molecule has 208 valence electrons. The molecule has 0 unspecified atom stereocenters. The highest BCUT2D eigenvalue weighted by atomic mass is 35.5. The Balaban J connectivity index is 1.44. The molecular weight excluding hydrogens is 558 g/mol. The lowest BCUT2D eigenvalue weighted by molar-refractivity contribution is -0.137. The molecule has 0 saturated heterocycles. The summed E-state index contributed by atoms with van der Waals surface area (Å²) >= 11 is 6.07. The Kier molecular flexibility index (Phi) is 7.38. The van der Waals surface area contributed by atoms with Gasteiger partial charge in [0.15, 0.2) is 0 Å². The molecule has 0 spiro atoms. The van der Waals surface area contributed by atoms with Gasteiger partial charge in [-0.05, 0) is 61.2 Å². The summed E-state index contributed by atoms with van der Waals surface area (Å²) in [5, 5.41) is 13.9. The van der Waals surface area contributed by atoms with E-state index in [1.165, 1.54) is 17.7 Å². The number of halogens is 5. The van der Waals surface area contributed by atoms with Crippen molar-refractivity contribution in [3.05, 3.63) is 87.5 Å². The van der Waals surface area contributed by atoms with E-state index in [1.807, 2.05) is 6.92 Å². The molecule has 12 heteroatoms. The molecule has 1 aromatic heterocycles. The number of benzene rings is 2. The average Bonchev–Trinajstić information content (AvgIpc) is 3.49. The molecule has 3 aromatic rings. The molecule has 1 N–H and O–H groups in total. The first-order valence-electron chi connectivity index (χ1n) is 12.4. The van der Waals surface area contributed by atoms with E-state index in [0.29, 0.717) is 18.9 Å². The first-order valence-corrected chi connectivity index (χ1v) is 14.3. The molecule has 0 saturated carbocycles. The number of sulfonamides is 1. The Hall–Kier alpha value is -2.73. The van der Waals surface area contributed by atoms with E-state index in [0.717, 1.165) is 45.4 Å². The second-order valence-electron chi connectivity index (χ2n) is 9.86. The van der Waals surface area contributed by atoms with Crippen molar-refractivity contribution < 1.29 is 31.1 Å². The van der Waals surface area contributed by atoms with E-state index < -0.39 is 33.3 Å². The van der Waals surface area contributed by atoms with Gasteiger partial charge in [-0.1, -0.05) is 29.7 Å². The van der Waals surface area contributed by atoms with Gasteiger partial charge in [-0.15, -0.1) is 0 Å². The number of aliphatic hydroxyl groups is 1. The summed E-state index contributed by atoms with van der Waals surface area (Å²) in [7, 11) is -4.44. The molecule has 0 bridgehead atoms. The molecule has 0 aliphatic heterocycles. The number of allylic oxidation sites excluding steroid dienone is 1. The SMILES string of the molecule is C[C@@H]1C2=C(CC[C@@H]2CN(CCO)S(=O)(=O)c2cc(C(F)(F)F)ccc2Cl)Cc2c1cnn2-c1ccc(F)cc1. The molecule has 2 atom stereocenters. The monoisotopic (exact) mass is 583 g/mol. The summed E-state index contributed by atoms with van der Waals surface area (Å²) in [5.41, 5.74) is 3.86. The second kappa shape index (κ2) is 10.3. The van der Waals surface area contributed by atoms with E-state index in [9.17, 15) is 31.1 Å². The summed E-state index contributed by atoms with van der Waals surface area (Å²) in [6.45, 7) is 1.24. The molecule has 0 radical (unpaired) electrons. The van der Waals surface area contributed by atoms with E-state index in [2.05, 4.69) is 5.10 Å². The zero-order valence-corrected chi connectivity index (χ0v) is 22.5. The van der Waals surface area contributed by atoms with Crippen molar-refractivity contribution in [3.63, 3.8) is 0 Å². The maximum atomic E-state index is 13.5. The smallest absolute Gasteiger partial charge is 0.395 e. The van der Waals surface area contributed by atoms with Crippen molar-refractivity contribution >= 4 is 21.6 Å². The van der Waals surface area contributed by atoms with Crippen molar-refractivity contribution in [1.29, 1.82) is 0 Å². The van der Waals surface area contributed by atoms with Crippen molar-refractivity contribution in [2.45, 2.75) is 43.2 Å². The van der Waals surface area contributed by atoms with Crippen molar-refractivity contribution in [2.24, 2.45) is 5.92 Å². The number of alkyl halides is 3. The predicted octanol–water partition coefficient (Wildman–Crippen LogP) is 5.73. The van der Waals surface area contributed by atoms with Crippen LogP contribution < -0.4 is 0 Å². The maximum Gasteiger partial charge on any atom is 0.416 e. The Morgan fingerprint density at radius 3 is 2.56 bits per heavy atom. The lowest BCUT2D eigenvalue weighted by atomic mass is 9.80. The predicted molar refractivity (Wildman–Crippen MR) is 138 cm³/mol. The van der Waals surface area contributed by atoms with E-state index in [1.54, 1.807) is 23.0 Å². The fourth-order valence-corrected chi connectivity index (χ4v) is 7.74. The number of hydrogen-bond donors (Lipinski definition) is 1. The van der Waals surface area contributed by atoms with Crippen LogP contribution in [-0.4, -0.2) is 47.3 Å². The van der Waals surface area contributed by atoms with Crippen LogP contribution in [-0.2, 0) is 22.6 Å². The molecule has 5 rings (SSSR count).